The summed E-state index contributed by atoms with van der Waals surface area (Å²) in [6.07, 6.45) is 8.83. The van der Waals surface area contributed by atoms with Crippen LogP contribution in [-0.2, 0) is 0 Å². The molecule has 0 nitrogen and oxygen atoms in total. The van der Waals surface area contributed by atoms with E-state index in [0.29, 0.717) is 0 Å². The average Bonchev–Trinajstić information content (AvgIpc) is 2.03. The van der Waals surface area contributed by atoms with Gasteiger partial charge in [-0.3, -0.25) is 0 Å². The summed E-state index contributed by atoms with van der Waals surface area (Å²) in [6, 6.07) is 0. The van der Waals surface area contributed by atoms with Gasteiger partial charge < -0.3 is 0 Å². The number of hydrogen-bond donors (Lipinski definition) is 0. The molecule has 0 aliphatic heterocycles. The van der Waals surface area contributed by atoms with E-state index in [1.807, 2.05) is 0 Å². The molecular formula is C10H22Sn. The Balaban J connectivity index is 2.69. The van der Waals surface area contributed by atoms with Gasteiger partial charge in [-0.05, 0) is 0 Å². The first-order valence-electron chi connectivity index (χ1n) is 5.12. The zero-order valence-electron chi connectivity index (χ0n) is 8.16. The summed E-state index contributed by atoms with van der Waals surface area (Å²) in [6.45, 7) is 4.59. The standard InChI is InChI=1S/C6H13.C4H9.Sn/c1-3-5-6-4-2;1-3-4-2;/h1,3-6H2,2H3;1,3-4H2,2H3;. The van der Waals surface area contributed by atoms with Crippen molar-refractivity contribution in [2.75, 3.05) is 0 Å². The Bertz CT molecular complexity index is 53.9. The van der Waals surface area contributed by atoms with Gasteiger partial charge in [0, 0.05) is 0 Å². The van der Waals surface area contributed by atoms with Crippen LogP contribution in [0.2, 0.25) is 8.87 Å². The maximum absolute atomic E-state index is 2.30. The van der Waals surface area contributed by atoms with Crippen LogP contribution in [0, 0.1) is 0 Å². The molecule has 2 radical (unpaired) electrons. The molecule has 0 fully saturated rings. The quantitative estimate of drug-likeness (QED) is 0.459. The van der Waals surface area contributed by atoms with Crippen LogP contribution in [0.1, 0.15) is 52.4 Å². The van der Waals surface area contributed by atoms with Crippen LogP contribution in [0.4, 0.5) is 0 Å². The topological polar surface area (TPSA) is 0 Å². The second kappa shape index (κ2) is 10.8. The zero-order chi connectivity index (χ0) is 8.36. The Kier molecular flexibility index (Phi) is 11.6. The number of rotatable bonds is 8. The van der Waals surface area contributed by atoms with Crippen molar-refractivity contribution in [3.63, 3.8) is 0 Å². The molecule has 0 spiro atoms. The van der Waals surface area contributed by atoms with Gasteiger partial charge in [-0.25, -0.2) is 0 Å². The summed E-state index contributed by atoms with van der Waals surface area (Å²) >= 11 is 0.127. The molecule has 0 saturated heterocycles. The van der Waals surface area contributed by atoms with Gasteiger partial charge in [-0.15, -0.1) is 0 Å². The zero-order valence-corrected chi connectivity index (χ0v) is 11.0. The van der Waals surface area contributed by atoms with E-state index in [4.69, 9.17) is 0 Å². The molecule has 0 aromatic rings. The first-order chi connectivity index (χ1) is 5.41. The SMILES string of the molecule is CCCCC[CH2][Sn][CH2]CCC. The van der Waals surface area contributed by atoms with Crippen LogP contribution < -0.4 is 0 Å². The van der Waals surface area contributed by atoms with Crippen LogP contribution in [0.25, 0.3) is 0 Å². The Hall–Kier alpha value is 0.799. The summed E-state index contributed by atoms with van der Waals surface area (Å²) in [5.74, 6) is 0. The molecule has 0 amide bonds. The molecule has 0 saturated carbocycles. The van der Waals surface area contributed by atoms with Crippen LogP contribution in [-0.4, -0.2) is 21.1 Å². The van der Waals surface area contributed by atoms with E-state index in [2.05, 4.69) is 13.8 Å². The van der Waals surface area contributed by atoms with Gasteiger partial charge in [0.1, 0.15) is 0 Å². The van der Waals surface area contributed by atoms with E-state index in [1.54, 1.807) is 15.3 Å². The van der Waals surface area contributed by atoms with Crippen molar-refractivity contribution in [3.8, 4) is 0 Å². The summed E-state index contributed by atoms with van der Waals surface area (Å²) < 4.78 is 3.27. The Morgan fingerprint density at radius 1 is 0.727 bits per heavy atom. The van der Waals surface area contributed by atoms with E-state index in [1.165, 1.54) is 32.1 Å². The fourth-order valence-electron chi connectivity index (χ4n) is 1.10. The third-order valence-corrected chi connectivity index (χ3v) is 5.95. The van der Waals surface area contributed by atoms with E-state index in [9.17, 15) is 0 Å². The molecular weight excluding hydrogens is 239 g/mol. The van der Waals surface area contributed by atoms with Crippen molar-refractivity contribution in [1.82, 2.24) is 0 Å². The van der Waals surface area contributed by atoms with Crippen molar-refractivity contribution < 1.29 is 0 Å². The molecule has 0 rings (SSSR count). The average molecular weight is 261 g/mol. The second-order valence-electron chi connectivity index (χ2n) is 3.16. The van der Waals surface area contributed by atoms with Gasteiger partial charge in [-0.2, -0.15) is 0 Å². The van der Waals surface area contributed by atoms with Gasteiger partial charge in [0.15, 0.2) is 0 Å². The van der Waals surface area contributed by atoms with Gasteiger partial charge in [0.25, 0.3) is 0 Å². The molecule has 0 bridgehead atoms. The molecule has 11 heavy (non-hydrogen) atoms. The molecule has 0 unspecified atom stereocenters. The third-order valence-electron chi connectivity index (χ3n) is 1.91. The van der Waals surface area contributed by atoms with Crippen molar-refractivity contribution in [2.24, 2.45) is 0 Å². The predicted molar refractivity (Wildman–Crippen MR) is 54.4 cm³/mol. The predicted octanol–water partition coefficient (Wildman–Crippen LogP) is 3.91. The van der Waals surface area contributed by atoms with Crippen molar-refractivity contribution in [1.29, 1.82) is 0 Å². The Morgan fingerprint density at radius 3 is 2.00 bits per heavy atom. The van der Waals surface area contributed by atoms with Gasteiger partial charge in [-0.1, -0.05) is 0 Å². The summed E-state index contributed by atoms with van der Waals surface area (Å²) in [5.41, 5.74) is 0. The number of unbranched alkanes of at least 4 members (excludes halogenated alkanes) is 4. The molecule has 0 aliphatic carbocycles. The molecule has 0 atom stereocenters. The van der Waals surface area contributed by atoms with Crippen molar-refractivity contribution in [3.05, 3.63) is 0 Å². The molecule has 0 aromatic carbocycles. The monoisotopic (exact) mass is 262 g/mol. The van der Waals surface area contributed by atoms with Crippen molar-refractivity contribution >= 4 is 21.1 Å². The Morgan fingerprint density at radius 2 is 1.36 bits per heavy atom. The molecule has 66 valence electrons. The molecule has 1 heteroatoms. The van der Waals surface area contributed by atoms with E-state index in [0.717, 1.165) is 0 Å². The van der Waals surface area contributed by atoms with Crippen LogP contribution in [0.5, 0.6) is 0 Å². The van der Waals surface area contributed by atoms with Crippen LogP contribution >= 0.6 is 0 Å². The van der Waals surface area contributed by atoms with E-state index < -0.39 is 0 Å². The summed E-state index contributed by atoms with van der Waals surface area (Å²) in [4.78, 5) is 0. The van der Waals surface area contributed by atoms with Crippen molar-refractivity contribution in [2.45, 2.75) is 61.2 Å². The summed E-state index contributed by atoms with van der Waals surface area (Å²) in [5, 5.41) is 0. The minimum atomic E-state index is 0.127. The normalized spacial score (nSPS) is 10.4. The third kappa shape index (κ3) is 10.8. The molecule has 0 aromatic heterocycles. The molecule has 0 heterocycles. The molecule has 0 N–H and O–H groups in total. The fraction of sp³-hybridized carbons (Fsp3) is 1.00. The second-order valence-corrected chi connectivity index (χ2v) is 7.45. The van der Waals surface area contributed by atoms with E-state index >= 15 is 0 Å². The van der Waals surface area contributed by atoms with Crippen LogP contribution in [0.3, 0.4) is 0 Å². The summed E-state index contributed by atoms with van der Waals surface area (Å²) in [7, 11) is 0. The fourth-order valence-corrected chi connectivity index (χ4v) is 4.97. The first-order valence-corrected chi connectivity index (χ1v) is 9.16. The Labute approximate surface area is 82.4 Å². The minimum absolute atomic E-state index is 0.127. The first kappa shape index (κ1) is 11.8. The maximum atomic E-state index is 2.30. The van der Waals surface area contributed by atoms with Crippen LogP contribution in [0.15, 0.2) is 0 Å². The molecule has 0 aliphatic rings. The van der Waals surface area contributed by atoms with E-state index in [-0.39, 0.29) is 21.1 Å². The van der Waals surface area contributed by atoms with Gasteiger partial charge in [0.05, 0.1) is 0 Å². The van der Waals surface area contributed by atoms with Gasteiger partial charge >= 0.3 is 82.4 Å². The number of hydrogen-bond acceptors (Lipinski definition) is 0. The van der Waals surface area contributed by atoms with Gasteiger partial charge in [0.2, 0.25) is 0 Å².